The normalized spacial score (nSPS) is 24.1. The Kier molecular flexibility index (Phi) is 5.09. The topological polar surface area (TPSA) is 61.4 Å². The molecule has 0 aromatic heterocycles. The van der Waals surface area contributed by atoms with E-state index in [1.54, 1.807) is 12.1 Å². The van der Waals surface area contributed by atoms with Crippen molar-refractivity contribution < 1.29 is 14.3 Å². The van der Waals surface area contributed by atoms with E-state index in [-0.39, 0.29) is 24.2 Å². The molecule has 0 aliphatic carbocycles. The van der Waals surface area contributed by atoms with Crippen molar-refractivity contribution in [3.05, 3.63) is 35.6 Å². The van der Waals surface area contributed by atoms with Crippen LogP contribution in [0.2, 0.25) is 0 Å². The molecule has 1 aromatic rings. The van der Waals surface area contributed by atoms with Gasteiger partial charge in [-0.1, -0.05) is 12.1 Å². The molecular formula is C15H21FN2O2. The summed E-state index contributed by atoms with van der Waals surface area (Å²) in [6, 6.07) is 6.14. The lowest BCUT2D eigenvalue weighted by atomic mass is 9.92. The van der Waals surface area contributed by atoms with Gasteiger partial charge in [0.05, 0.1) is 6.10 Å². The average molecular weight is 280 g/mol. The molecule has 0 radical (unpaired) electrons. The zero-order valence-electron chi connectivity index (χ0n) is 11.6. The number of benzene rings is 1. The van der Waals surface area contributed by atoms with Crippen molar-refractivity contribution in [2.75, 3.05) is 13.1 Å². The van der Waals surface area contributed by atoms with Gasteiger partial charge in [-0.25, -0.2) is 4.39 Å². The van der Waals surface area contributed by atoms with Gasteiger partial charge in [0.2, 0.25) is 5.91 Å². The Hall–Kier alpha value is -1.46. The van der Waals surface area contributed by atoms with Crippen molar-refractivity contribution in [2.45, 2.75) is 31.9 Å². The first-order chi connectivity index (χ1) is 9.56. The fourth-order valence-corrected chi connectivity index (χ4v) is 2.54. The number of rotatable bonds is 4. The first-order valence-corrected chi connectivity index (χ1v) is 7.01. The van der Waals surface area contributed by atoms with Crippen molar-refractivity contribution >= 4 is 5.91 Å². The minimum atomic E-state index is -0.881. The van der Waals surface area contributed by atoms with E-state index in [9.17, 15) is 14.3 Å². The van der Waals surface area contributed by atoms with Crippen LogP contribution < -0.4 is 10.6 Å². The summed E-state index contributed by atoms with van der Waals surface area (Å²) in [5.74, 6) is -0.431. The van der Waals surface area contributed by atoms with Crippen LogP contribution in [0, 0.1) is 11.7 Å². The van der Waals surface area contributed by atoms with E-state index >= 15 is 0 Å². The van der Waals surface area contributed by atoms with Crippen LogP contribution >= 0.6 is 0 Å². The maximum Gasteiger partial charge on any atom is 0.223 e. The molecule has 110 valence electrons. The highest BCUT2D eigenvalue weighted by Gasteiger charge is 2.24. The Labute approximate surface area is 118 Å². The number of piperidine rings is 1. The van der Waals surface area contributed by atoms with Gasteiger partial charge in [0.15, 0.2) is 0 Å². The quantitative estimate of drug-likeness (QED) is 0.780. The summed E-state index contributed by atoms with van der Waals surface area (Å²) in [6.45, 7) is 3.01. The lowest BCUT2D eigenvalue weighted by Crippen LogP contribution is -2.43. The fraction of sp³-hybridized carbons (Fsp3) is 0.533. The van der Waals surface area contributed by atoms with Crippen LogP contribution in [0.3, 0.4) is 0 Å². The maximum atomic E-state index is 13.1. The van der Waals surface area contributed by atoms with Gasteiger partial charge in [-0.15, -0.1) is 0 Å². The van der Waals surface area contributed by atoms with Gasteiger partial charge in [0.25, 0.3) is 0 Å². The lowest BCUT2D eigenvalue weighted by Gasteiger charge is -2.27. The predicted molar refractivity (Wildman–Crippen MR) is 74.6 cm³/mol. The molecule has 2 rings (SSSR count). The Bertz CT molecular complexity index is 467. The number of amides is 1. The van der Waals surface area contributed by atoms with Crippen molar-refractivity contribution in [1.82, 2.24) is 10.6 Å². The number of nitrogens with one attached hydrogen (secondary N) is 2. The van der Waals surface area contributed by atoms with Gasteiger partial charge in [0.1, 0.15) is 5.82 Å². The van der Waals surface area contributed by atoms with Crippen LogP contribution in [0.5, 0.6) is 0 Å². The van der Waals surface area contributed by atoms with E-state index < -0.39 is 6.10 Å². The van der Waals surface area contributed by atoms with Crippen LogP contribution in [0.1, 0.15) is 31.4 Å². The highest BCUT2D eigenvalue weighted by Crippen LogP contribution is 2.17. The van der Waals surface area contributed by atoms with E-state index in [0.717, 1.165) is 19.4 Å². The second-order valence-corrected chi connectivity index (χ2v) is 5.39. The second-order valence-electron chi connectivity index (χ2n) is 5.39. The van der Waals surface area contributed by atoms with Crippen molar-refractivity contribution in [3.63, 3.8) is 0 Å². The van der Waals surface area contributed by atoms with E-state index in [0.29, 0.717) is 11.6 Å². The van der Waals surface area contributed by atoms with Crippen molar-refractivity contribution in [1.29, 1.82) is 0 Å². The summed E-state index contributed by atoms with van der Waals surface area (Å²) < 4.78 is 13.1. The molecule has 20 heavy (non-hydrogen) atoms. The molecule has 3 atom stereocenters. The minimum absolute atomic E-state index is 0.00837. The molecule has 1 aliphatic rings. The molecule has 1 heterocycles. The number of aliphatic hydroxyl groups excluding tert-OH is 1. The first-order valence-electron chi connectivity index (χ1n) is 7.01. The van der Waals surface area contributed by atoms with Crippen molar-refractivity contribution in [3.8, 4) is 0 Å². The molecule has 1 unspecified atom stereocenters. The van der Waals surface area contributed by atoms with E-state index in [1.807, 2.05) is 0 Å². The molecular weight excluding hydrogens is 259 g/mol. The second kappa shape index (κ2) is 6.81. The number of carbonyl (C=O) groups is 1. The van der Waals surface area contributed by atoms with Crippen LogP contribution in [0.4, 0.5) is 4.39 Å². The monoisotopic (exact) mass is 280 g/mol. The summed E-state index contributed by atoms with van der Waals surface area (Å²) in [7, 11) is 0. The molecule has 0 saturated carbocycles. The zero-order valence-corrected chi connectivity index (χ0v) is 11.6. The van der Waals surface area contributed by atoms with Gasteiger partial charge < -0.3 is 15.7 Å². The first kappa shape index (κ1) is 14.9. The number of hydrogen-bond acceptors (Lipinski definition) is 3. The molecule has 0 spiro atoms. The maximum absolute atomic E-state index is 13.1. The van der Waals surface area contributed by atoms with Crippen LogP contribution in [-0.2, 0) is 4.79 Å². The zero-order chi connectivity index (χ0) is 14.5. The smallest absolute Gasteiger partial charge is 0.223 e. The highest BCUT2D eigenvalue weighted by molar-refractivity contribution is 5.78. The summed E-state index contributed by atoms with van der Waals surface area (Å²) in [6.07, 6.45) is 0.738. The average Bonchev–Trinajstić information content (AvgIpc) is 2.44. The SMILES string of the molecule is C[C@H]1C[C@@H](C(=O)NCC(O)c2cccc(F)c2)CCN1. The molecule has 4 nitrogen and oxygen atoms in total. The molecule has 1 fully saturated rings. The summed E-state index contributed by atoms with van der Waals surface area (Å²) >= 11 is 0. The summed E-state index contributed by atoms with van der Waals surface area (Å²) in [5, 5.41) is 16.0. The Morgan fingerprint density at radius 1 is 1.60 bits per heavy atom. The van der Waals surface area contributed by atoms with Gasteiger partial charge in [-0.05, 0) is 44.0 Å². The molecule has 5 heteroatoms. The minimum Gasteiger partial charge on any atom is -0.387 e. The van der Waals surface area contributed by atoms with E-state index in [1.165, 1.54) is 12.1 Å². The van der Waals surface area contributed by atoms with Crippen LogP contribution in [-0.4, -0.2) is 30.1 Å². The third-order valence-electron chi connectivity index (χ3n) is 3.70. The third kappa shape index (κ3) is 4.02. The van der Waals surface area contributed by atoms with Gasteiger partial charge in [-0.3, -0.25) is 4.79 Å². The largest absolute Gasteiger partial charge is 0.387 e. The molecule has 1 aliphatic heterocycles. The molecule has 1 amide bonds. The lowest BCUT2D eigenvalue weighted by molar-refractivity contribution is -0.126. The van der Waals surface area contributed by atoms with Gasteiger partial charge in [0, 0.05) is 18.5 Å². The van der Waals surface area contributed by atoms with Gasteiger partial charge >= 0.3 is 0 Å². The fourth-order valence-electron chi connectivity index (χ4n) is 2.54. The van der Waals surface area contributed by atoms with Crippen molar-refractivity contribution in [2.24, 2.45) is 5.92 Å². The molecule has 0 bridgehead atoms. The standard InChI is InChI=1S/C15H21FN2O2/c1-10-7-12(5-6-17-10)15(20)18-9-14(19)11-3-2-4-13(16)8-11/h2-4,8,10,12,14,17,19H,5-7,9H2,1H3,(H,18,20)/t10-,12-,14?/m0/s1. The summed E-state index contributed by atoms with van der Waals surface area (Å²) in [5.41, 5.74) is 0.476. The number of aliphatic hydroxyl groups is 1. The predicted octanol–water partition coefficient (Wildman–Crippen LogP) is 1.36. The molecule has 1 saturated heterocycles. The third-order valence-corrected chi connectivity index (χ3v) is 3.70. The van der Waals surface area contributed by atoms with E-state index in [4.69, 9.17) is 0 Å². The Morgan fingerprint density at radius 2 is 2.40 bits per heavy atom. The van der Waals surface area contributed by atoms with Crippen LogP contribution in [0.25, 0.3) is 0 Å². The van der Waals surface area contributed by atoms with Crippen LogP contribution in [0.15, 0.2) is 24.3 Å². The number of halogens is 1. The highest BCUT2D eigenvalue weighted by atomic mass is 19.1. The Balaban J connectivity index is 1.83. The summed E-state index contributed by atoms with van der Waals surface area (Å²) in [4.78, 5) is 12.0. The van der Waals surface area contributed by atoms with E-state index in [2.05, 4.69) is 17.6 Å². The van der Waals surface area contributed by atoms with Gasteiger partial charge in [-0.2, -0.15) is 0 Å². The molecule has 1 aromatic carbocycles. The number of carbonyl (C=O) groups excluding carboxylic acids is 1. The number of hydrogen-bond donors (Lipinski definition) is 3. The molecule has 3 N–H and O–H groups in total. The Morgan fingerprint density at radius 3 is 3.10 bits per heavy atom.